The lowest BCUT2D eigenvalue weighted by molar-refractivity contribution is 0.0582. The highest BCUT2D eigenvalue weighted by Gasteiger charge is 2.12. The number of aliphatic imine (C=N–C) groups is 1. The zero-order chi connectivity index (χ0) is 19.5. The maximum Gasteiger partial charge on any atom is 0.191 e. The summed E-state index contributed by atoms with van der Waals surface area (Å²) < 4.78 is 19.6. The fourth-order valence-corrected chi connectivity index (χ4v) is 2.55. The van der Waals surface area contributed by atoms with Crippen LogP contribution in [0.3, 0.4) is 0 Å². The van der Waals surface area contributed by atoms with Crippen LogP contribution in [0.25, 0.3) is 0 Å². The molecule has 2 N–H and O–H groups in total. The smallest absolute Gasteiger partial charge is 0.191 e. The molecule has 1 aromatic rings. The molecule has 0 saturated heterocycles. The van der Waals surface area contributed by atoms with E-state index >= 15 is 0 Å². The molecule has 0 aliphatic rings. The van der Waals surface area contributed by atoms with Gasteiger partial charge in [0.05, 0.1) is 18.7 Å². The summed E-state index contributed by atoms with van der Waals surface area (Å²) in [6.07, 6.45) is 1.02. The predicted octanol–water partition coefficient (Wildman–Crippen LogP) is 3.11. The van der Waals surface area contributed by atoms with E-state index in [1.54, 1.807) is 19.1 Å². The Morgan fingerprint density at radius 3 is 2.62 bits per heavy atom. The lowest BCUT2D eigenvalue weighted by Gasteiger charge is -2.21. The largest absolute Gasteiger partial charge is 0.377 e. The van der Waals surface area contributed by atoms with Gasteiger partial charge in [0.25, 0.3) is 0 Å². The first-order chi connectivity index (χ1) is 12.4. The fourth-order valence-electron chi connectivity index (χ4n) is 2.55. The van der Waals surface area contributed by atoms with Crippen LogP contribution in [0.5, 0.6) is 0 Å². The molecule has 0 aliphatic carbocycles. The first kappa shape index (κ1) is 22.4. The Labute approximate surface area is 158 Å². The molecule has 0 amide bonds. The number of aryl methyl sites for hydroxylation is 1. The first-order valence-electron chi connectivity index (χ1n) is 9.44. The number of hydrogen-bond acceptors (Lipinski definition) is 3. The van der Waals surface area contributed by atoms with E-state index in [0.29, 0.717) is 18.7 Å². The minimum Gasteiger partial charge on any atom is -0.377 e. The maximum atomic E-state index is 13.8. The molecule has 1 aromatic carbocycles. The number of nitrogens with one attached hydrogen (secondary N) is 2. The van der Waals surface area contributed by atoms with Crippen LogP contribution in [0, 0.1) is 12.7 Å². The normalized spacial score (nSPS) is 14.4. The predicted molar refractivity (Wildman–Crippen MR) is 107 cm³/mol. The van der Waals surface area contributed by atoms with Gasteiger partial charge in [0.15, 0.2) is 5.96 Å². The van der Waals surface area contributed by atoms with Gasteiger partial charge in [-0.2, -0.15) is 0 Å². The van der Waals surface area contributed by atoms with Gasteiger partial charge >= 0.3 is 0 Å². The van der Waals surface area contributed by atoms with E-state index in [2.05, 4.69) is 34.6 Å². The van der Waals surface area contributed by atoms with Crippen LogP contribution < -0.4 is 10.6 Å². The number of guanidine groups is 1. The average molecular weight is 367 g/mol. The third kappa shape index (κ3) is 8.15. The van der Waals surface area contributed by atoms with Gasteiger partial charge in [-0.1, -0.05) is 12.1 Å². The van der Waals surface area contributed by atoms with Crippen LogP contribution in [-0.4, -0.2) is 57.3 Å². The molecule has 6 heteroatoms. The molecule has 0 aliphatic heterocycles. The summed E-state index contributed by atoms with van der Waals surface area (Å²) in [7, 11) is 4.11. The van der Waals surface area contributed by atoms with Crippen molar-refractivity contribution in [3.05, 3.63) is 35.1 Å². The third-order valence-corrected chi connectivity index (χ3v) is 4.15. The van der Waals surface area contributed by atoms with Crippen LogP contribution in [0.15, 0.2) is 23.2 Å². The molecule has 0 heterocycles. The van der Waals surface area contributed by atoms with E-state index in [-0.39, 0.29) is 18.0 Å². The number of rotatable bonds is 10. The molecule has 148 valence electrons. The lowest BCUT2D eigenvalue weighted by atomic mass is 10.1. The zero-order valence-electron chi connectivity index (χ0n) is 17.1. The second kappa shape index (κ2) is 11.9. The summed E-state index contributed by atoms with van der Waals surface area (Å²) in [6.45, 7) is 10.8. The molecule has 0 fully saturated rings. The second-order valence-electron chi connectivity index (χ2n) is 6.76. The van der Waals surface area contributed by atoms with Crippen molar-refractivity contribution in [3.8, 4) is 0 Å². The molecule has 26 heavy (non-hydrogen) atoms. The van der Waals surface area contributed by atoms with E-state index < -0.39 is 0 Å². The molecule has 2 atom stereocenters. The lowest BCUT2D eigenvalue weighted by Crippen LogP contribution is -2.39. The van der Waals surface area contributed by atoms with Crippen molar-refractivity contribution in [1.82, 2.24) is 15.5 Å². The SMILES string of the molecule is CCNC(=NCC(CCN(C)C)OCC)NC(C)c1ccc(C)c(F)c1. The second-order valence-corrected chi connectivity index (χ2v) is 6.76. The van der Waals surface area contributed by atoms with Crippen molar-refractivity contribution < 1.29 is 9.13 Å². The van der Waals surface area contributed by atoms with Gasteiger partial charge in [0, 0.05) is 19.7 Å². The Balaban J connectivity index is 2.75. The Bertz CT molecular complexity index is 563. The minimum absolute atomic E-state index is 0.0461. The standard InChI is InChI=1S/C20H35FN4O/c1-7-22-20(23-14-18(26-8-2)11-12-25(5)6)24-16(4)17-10-9-15(3)19(21)13-17/h9-10,13,16,18H,7-8,11-12,14H2,1-6H3,(H2,22,23,24). The van der Waals surface area contributed by atoms with Crippen molar-refractivity contribution >= 4 is 5.96 Å². The van der Waals surface area contributed by atoms with Gasteiger partial charge in [-0.3, -0.25) is 4.99 Å². The quantitative estimate of drug-likeness (QED) is 0.493. The first-order valence-corrected chi connectivity index (χ1v) is 9.44. The molecule has 2 unspecified atom stereocenters. The Hall–Kier alpha value is -1.66. The highest BCUT2D eigenvalue weighted by atomic mass is 19.1. The summed E-state index contributed by atoms with van der Waals surface area (Å²) in [5.74, 6) is 0.536. The molecule has 0 spiro atoms. The van der Waals surface area contributed by atoms with E-state index in [0.717, 1.165) is 31.0 Å². The summed E-state index contributed by atoms with van der Waals surface area (Å²) in [5, 5.41) is 6.60. The maximum absolute atomic E-state index is 13.8. The fraction of sp³-hybridized carbons (Fsp3) is 0.650. The van der Waals surface area contributed by atoms with Crippen molar-refractivity contribution in [3.63, 3.8) is 0 Å². The number of ether oxygens (including phenoxy) is 1. The van der Waals surface area contributed by atoms with Crippen molar-refractivity contribution in [1.29, 1.82) is 0 Å². The van der Waals surface area contributed by atoms with Crippen LogP contribution in [-0.2, 0) is 4.74 Å². The van der Waals surface area contributed by atoms with E-state index in [1.165, 1.54) is 0 Å². The topological polar surface area (TPSA) is 48.9 Å². The molecule has 0 radical (unpaired) electrons. The average Bonchev–Trinajstić information content (AvgIpc) is 2.59. The van der Waals surface area contributed by atoms with Crippen LogP contribution in [0.1, 0.15) is 44.4 Å². The van der Waals surface area contributed by atoms with E-state index in [4.69, 9.17) is 4.74 Å². The van der Waals surface area contributed by atoms with Crippen LogP contribution in [0.4, 0.5) is 4.39 Å². The molecule has 0 bridgehead atoms. The molecular weight excluding hydrogens is 331 g/mol. The number of benzene rings is 1. The molecular formula is C20H35FN4O. The highest BCUT2D eigenvalue weighted by molar-refractivity contribution is 5.80. The highest BCUT2D eigenvalue weighted by Crippen LogP contribution is 2.16. The minimum atomic E-state index is -0.182. The van der Waals surface area contributed by atoms with Crippen LogP contribution in [0.2, 0.25) is 0 Å². The van der Waals surface area contributed by atoms with E-state index in [9.17, 15) is 4.39 Å². The Morgan fingerprint density at radius 2 is 2.04 bits per heavy atom. The van der Waals surface area contributed by atoms with Gasteiger partial charge in [0.2, 0.25) is 0 Å². The van der Waals surface area contributed by atoms with Gasteiger partial charge in [-0.05, 0) is 65.4 Å². The van der Waals surface area contributed by atoms with Crippen molar-refractivity contribution in [2.24, 2.45) is 4.99 Å². The Kier molecular flexibility index (Phi) is 10.2. The van der Waals surface area contributed by atoms with Gasteiger partial charge in [0.1, 0.15) is 5.82 Å². The summed E-state index contributed by atoms with van der Waals surface area (Å²) in [6, 6.07) is 5.28. The van der Waals surface area contributed by atoms with Crippen molar-refractivity contribution in [2.75, 3.05) is 40.3 Å². The van der Waals surface area contributed by atoms with Gasteiger partial charge in [-0.15, -0.1) is 0 Å². The zero-order valence-corrected chi connectivity index (χ0v) is 17.1. The third-order valence-electron chi connectivity index (χ3n) is 4.15. The van der Waals surface area contributed by atoms with Crippen LogP contribution >= 0.6 is 0 Å². The molecule has 1 rings (SSSR count). The molecule has 0 saturated carbocycles. The number of halogens is 1. The molecule has 0 aromatic heterocycles. The monoisotopic (exact) mass is 366 g/mol. The summed E-state index contributed by atoms with van der Waals surface area (Å²) in [5.41, 5.74) is 1.55. The van der Waals surface area contributed by atoms with E-state index in [1.807, 2.05) is 26.8 Å². The van der Waals surface area contributed by atoms with Gasteiger partial charge < -0.3 is 20.3 Å². The number of nitrogens with zero attached hydrogens (tertiary/aromatic N) is 2. The van der Waals surface area contributed by atoms with Crippen molar-refractivity contribution in [2.45, 2.75) is 46.3 Å². The van der Waals surface area contributed by atoms with Gasteiger partial charge in [-0.25, -0.2) is 4.39 Å². The summed E-state index contributed by atoms with van der Waals surface area (Å²) >= 11 is 0. The number of hydrogen-bond donors (Lipinski definition) is 2. The Morgan fingerprint density at radius 1 is 1.31 bits per heavy atom. The molecule has 5 nitrogen and oxygen atoms in total. The summed E-state index contributed by atoms with van der Waals surface area (Å²) in [4.78, 5) is 6.82.